The summed E-state index contributed by atoms with van der Waals surface area (Å²) in [6.07, 6.45) is 2.79. The largest absolute Gasteiger partial charge is 0.305 e. The van der Waals surface area contributed by atoms with Crippen LogP contribution in [0.3, 0.4) is 0 Å². The van der Waals surface area contributed by atoms with Crippen molar-refractivity contribution >= 4 is 29.0 Å². The zero-order valence-corrected chi connectivity index (χ0v) is 10.2. The van der Waals surface area contributed by atoms with Crippen molar-refractivity contribution in [1.29, 1.82) is 0 Å². The molecule has 90 valence electrons. The molecular weight excluding hydrogens is 238 g/mol. The second-order valence-electron chi connectivity index (χ2n) is 4.05. The van der Waals surface area contributed by atoms with Gasteiger partial charge in [0.25, 0.3) is 11.7 Å². The molecule has 0 fully saturated rings. The fraction of sp³-hybridized carbons (Fsp3) is 0.385. The number of anilines is 1. The van der Waals surface area contributed by atoms with Crippen molar-refractivity contribution in [3.63, 3.8) is 0 Å². The summed E-state index contributed by atoms with van der Waals surface area (Å²) >= 11 is 5.60. The molecular formula is C13H14ClNO2. The maximum Gasteiger partial charge on any atom is 0.299 e. The minimum absolute atomic E-state index is 0.391. The van der Waals surface area contributed by atoms with E-state index in [0.29, 0.717) is 18.0 Å². The van der Waals surface area contributed by atoms with Crippen LogP contribution in [0.4, 0.5) is 5.69 Å². The Kier molecular flexibility index (Phi) is 3.79. The first-order valence-corrected chi connectivity index (χ1v) is 6.30. The van der Waals surface area contributed by atoms with Crippen molar-refractivity contribution in [2.24, 2.45) is 0 Å². The zero-order valence-electron chi connectivity index (χ0n) is 9.49. The lowest BCUT2D eigenvalue weighted by Crippen LogP contribution is -2.30. The van der Waals surface area contributed by atoms with Crippen molar-refractivity contribution in [3.05, 3.63) is 29.8 Å². The molecule has 1 amide bonds. The number of carbonyl (C=O) groups is 2. The zero-order chi connectivity index (χ0) is 12.3. The molecule has 2 rings (SSSR count). The Hall–Kier alpha value is -1.35. The Morgan fingerprint density at radius 3 is 2.59 bits per heavy atom. The number of carbonyl (C=O) groups excluding carboxylic acids is 2. The molecule has 0 bridgehead atoms. The molecule has 0 aromatic heterocycles. The van der Waals surface area contributed by atoms with Crippen molar-refractivity contribution < 1.29 is 9.59 Å². The number of halogens is 1. The molecule has 0 radical (unpaired) electrons. The van der Waals surface area contributed by atoms with Gasteiger partial charge in [-0.2, -0.15) is 0 Å². The average Bonchev–Trinajstić information content (AvgIpc) is 2.60. The first-order valence-electron chi connectivity index (χ1n) is 5.77. The van der Waals surface area contributed by atoms with E-state index in [1.807, 2.05) is 12.1 Å². The molecule has 0 saturated carbocycles. The van der Waals surface area contributed by atoms with Crippen molar-refractivity contribution in [3.8, 4) is 0 Å². The van der Waals surface area contributed by atoms with E-state index in [1.54, 1.807) is 17.0 Å². The molecule has 1 aromatic carbocycles. The van der Waals surface area contributed by atoms with E-state index in [-0.39, 0.29) is 0 Å². The molecule has 1 heterocycles. The van der Waals surface area contributed by atoms with E-state index < -0.39 is 11.7 Å². The molecule has 3 nitrogen and oxygen atoms in total. The van der Waals surface area contributed by atoms with Crippen LogP contribution in [0.5, 0.6) is 0 Å². The number of hydrogen-bond donors (Lipinski definition) is 0. The van der Waals surface area contributed by atoms with Crippen molar-refractivity contribution in [1.82, 2.24) is 0 Å². The van der Waals surface area contributed by atoms with E-state index in [0.717, 1.165) is 24.9 Å². The van der Waals surface area contributed by atoms with Gasteiger partial charge in [-0.05, 0) is 25.0 Å². The van der Waals surface area contributed by atoms with E-state index in [2.05, 4.69) is 0 Å². The second-order valence-corrected chi connectivity index (χ2v) is 4.43. The van der Waals surface area contributed by atoms with Crippen LogP contribution in [0.1, 0.15) is 29.6 Å². The van der Waals surface area contributed by atoms with Crippen LogP contribution >= 0.6 is 11.6 Å². The third-order valence-electron chi connectivity index (χ3n) is 2.89. The highest BCUT2D eigenvalue weighted by Gasteiger charge is 2.34. The number of rotatable bonds is 5. The quantitative estimate of drug-likeness (QED) is 0.458. The SMILES string of the molecule is O=C1C(=O)N(CCCCCCl)c2ccccc21. The van der Waals surface area contributed by atoms with Crippen LogP contribution in [0.2, 0.25) is 0 Å². The van der Waals surface area contributed by atoms with Gasteiger partial charge >= 0.3 is 0 Å². The summed E-state index contributed by atoms with van der Waals surface area (Å²) < 4.78 is 0. The Bertz CT molecular complexity index is 445. The molecule has 0 unspecified atom stereocenters. The van der Waals surface area contributed by atoms with Gasteiger partial charge in [-0.1, -0.05) is 18.6 Å². The predicted octanol–water partition coefficient (Wildman–Crippen LogP) is 2.63. The summed E-state index contributed by atoms with van der Waals surface area (Å²) in [7, 11) is 0. The molecule has 17 heavy (non-hydrogen) atoms. The maximum absolute atomic E-state index is 11.8. The lowest BCUT2D eigenvalue weighted by atomic mass is 10.1. The van der Waals surface area contributed by atoms with Crippen molar-refractivity contribution in [2.45, 2.75) is 19.3 Å². The maximum atomic E-state index is 11.8. The highest BCUT2D eigenvalue weighted by Crippen LogP contribution is 2.28. The number of nitrogens with zero attached hydrogens (tertiary/aromatic N) is 1. The first-order chi connectivity index (χ1) is 8.25. The minimum Gasteiger partial charge on any atom is -0.305 e. The van der Waals surface area contributed by atoms with Gasteiger partial charge in [-0.3, -0.25) is 9.59 Å². The number of Topliss-reactive ketones (excluding diaryl/α,β-unsaturated/α-hetero) is 1. The van der Waals surface area contributed by atoms with Crippen LogP contribution in [0.25, 0.3) is 0 Å². The van der Waals surface area contributed by atoms with E-state index >= 15 is 0 Å². The highest BCUT2D eigenvalue weighted by atomic mass is 35.5. The van der Waals surface area contributed by atoms with E-state index in [9.17, 15) is 9.59 Å². The number of alkyl halides is 1. The average molecular weight is 252 g/mol. The molecule has 0 saturated heterocycles. The number of benzene rings is 1. The normalized spacial score (nSPS) is 14.3. The predicted molar refractivity (Wildman–Crippen MR) is 67.7 cm³/mol. The Morgan fingerprint density at radius 1 is 1.06 bits per heavy atom. The number of para-hydroxylation sites is 1. The van der Waals surface area contributed by atoms with Crippen LogP contribution in [-0.2, 0) is 4.79 Å². The van der Waals surface area contributed by atoms with E-state index in [4.69, 9.17) is 11.6 Å². The molecule has 4 heteroatoms. The fourth-order valence-electron chi connectivity index (χ4n) is 2.01. The molecule has 0 atom stereocenters. The molecule has 1 aliphatic rings. The first kappa shape index (κ1) is 12.1. The van der Waals surface area contributed by atoms with Crippen LogP contribution in [0.15, 0.2) is 24.3 Å². The third-order valence-corrected chi connectivity index (χ3v) is 3.16. The number of unbranched alkanes of at least 4 members (excludes halogenated alkanes) is 2. The fourth-order valence-corrected chi connectivity index (χ4v) is 2.20. The van der Waals surface area contributed by atoms with Crippen molar-refractivity contribution in [2.75, 3.05) is 17.3 Å². The minimum atomic E-state index is -0.405. The number of hydrogen-bond acceptors (Lipinski definition) is 2. The summed E-state index contributed by atoms with van der Waals surface area (Å²) in [6.45, 7) is 0.596. The third kappa shape index (κ3) is 2.34. The lowest BCUT2D eigenvalue weighted by Gasteiger charge is -2.15. The topological polar surface area (TPSA) is 37.4 Å². The van der Waals surface area contributed by atoms with Gasteiger partial charge in [0, 0.05) is 12.4 Å². The van der Waals surface area contributed by atoms with Gasteiger partial charge in [0.15, 0.2) is 0 Å². The van der Waals surface area contributed by atoms with Gasteiger partial charge in [-0.25, -0.2) is 0 Å². The van der Waals surface area contributed by atoms with Gasteiger partial charge in [0.1, 0.15) is 0 Å². The molecule has 1 aliphatic heterocycles. The summed E-state index contributed by atoms with van der Waals surface area (Å²) in [5.41, 5.74) is 1.27. The van der Waals surface area contributed by atoms with E-state index in [1.165, 1.54) is 0 Å². The molecule has 0 N–H and O–H groups in total. The van der Waals surface area contributed by atoms with Gasteiger partial charge in [-0.15, -0.1) is 11.6 Å². The Balaban J connectivity index is 2.08. The monoisotopic (exact) mass is 251 g/mol. The Morgan fingerprint density at radius 2 is 1.82 bits per heavy atom. The standard InChI is InChI=1S/C13H14ClNO2/c14-8-4-1-5-9-15-11-7-3-2-6-10(11)12(16)13(15)17/h2-3,6-7H,1,4-5,8-9H2. The van der Waals surface area contributed by atoms with Gasteiger partial charge in [0.2, 0.25) is 0 Å². The summed E-state index contributed by atoms with van der Waals surface area (Å²) in [6, 6.07) is 7.14. The summed E-state index contributed by atoms with van der Waals surface area (Å²) in [5, 5.41) is 0. The number of amides is 1. The molecule has 0 aliphatic carbocycles. The smallest absolute Gasteiger partial charge is 0.299 e. The summed E-state index contributed by atoms with van der Waals surface area (Å²) in [4.78, 5) is 25.0. The van der Waals surface area contributed by atoms with Crippen LogP contribution in [0, 0.1) is 0 Å². The number of fused-ring (bicyclic) bond motifs is 1. The highest BCUT2D eigenvalue weighted by molar-refractivity contribution is 6.52. The van der Waals surface area contributed by atoms with Crippen LogP contribution < -0.4 is 4.90 Å². The Labute approximate surface area is 105 Å². The lowest BCUT2D eigenvalue weighted by molar-refractivity contribution is -0.114. The molecule has 0 spiro atoms. The van der Waals surface area contributed by atoms with Crippen LogP contribution in [-0.4, -0.2) is 24.1 Å². The number of ketones is 1. The van der Waals surface area contributed by atoms with Gasteiger partial charge in [0.05, 0.1) is 11.3 Å². The van der Waals surface area contributed by atoms with Gasteiger partial charge < -0.3 is 4.90 Å². The molecule has 1 aromatic rings. The second kappa shape index (κ2) is 5.32. The summed E-state index contributed by atoms with van der Waals surface area (Å²) in [5.74, 6) is -0.154.